The van der Waals surface area contributed by atoms with Crippen molar-refractivity contribution >= 4 is 5.69 Å². The fraction of sp³-hybridized carbons (Fsp3) is 0.438. The summed E-state index contributed by atoms with van der Waals surface area (Å²) in [6.07, 6.45) is 5.52. The van der Waals surface area contributed by atoms with Gasteiger partial charge in [0.15, 0.2) is 11.6 Å². The number of aryl methyl sites for hydroxylation is 1. The topological polar surface area (TPSA) is 54.0 Å². The highest BCUT2D eigenvalue weighted by atomic mass is 19.1. The van der Waals surface area contributed by atoms with Crippen LogP contribution < -0.4 is 19.7 Å². The predicted octanol–water partition coefficient (Wildman–Crippen LogP) is 6.22. The van der Waals surface area contributed by atoms with Crippen molar-refractivity contribution in [3.8, 4) is 17.2 Å². The molecule has 0 saturated heterocycles. The maximum Gasteiger partial charge on any atom is 0.165 e. The minimum absolute atomic E-state index is 0.305. The van der Waals surface area contributed by atoms with E-state index in [1.165, 1.54) is 29.5 Å². The van der Waals surface area contributed by atoms with Gasteiger partial charge in [-0.15, -0.1) is 0 Å². The molecule has 3 aromatic rings. The Morgan fingerprint density at radius 2 is 1.89 bits per heavy atom. The Morgan fingerprint density at radius 3 is 2.66 bits per heavy atom. The summed E-state index contributed by atoms with van der Waals surface area (Å²) in [4.78, 5) is 2.29. The number of ether oxygens (including phenoxy) is 2. The van der Waals surface area contributed by atoms with E-state index in [2.05, 4.69) is 29.3 Å². The maximum atomic E-state index is 14.9. The van der Waals surface area contributed by atoms with E-state index in [1.807, 2.05) is 24.3 Å². The molecule has 1 fully saturated rings. The number of nitrogens with one attached hydrogen (secondary N) is 1. The number of hydrogen-bond acceptors (Lipinski definition) is 5. The van der Waals surface area contributed by atoms with E-state index in [0.29, 0.717) is 30.6 Å². The number of methoxy groups -OCH3 is 1. The Bertz CT molecular complexity index is 1240. The van der Waals surface area contributed by atoms with Gasteiger partial charge in [0.2, 0.25) is 0 Å². The number of halogens is 1. The lowest BCUT2D eigenvalue weighted by molar-refractivity contribution is 0.298. The average molecular weight is 519 g/mol. The Kier molecular flexibility index (Phi) is 8.38. The summed E-state index contributed by atoms with van der Waals surface area (Å²) in [5.74, 6) is 2.31. The molecule has 0 heterocycles. The number of benzene rings is 3. The molecule has 1 atom stereocenters. The molecule has 6 heteroatoms. The molecule has 0 amide bonds. The molecule has 0 spiro atoms. The van der Waals surface area contributed by atoms with Crippen molar-refractivity contribution < 1.29 is 19.0 Å². The van der Waals surface area contributed by atoms with Crippen LogP contribution in [-0.2, 0) is 19.4 Å². The molecule has 1 saturated carbocycles. The molecular weight excluding hydrogens is 479 g/mol. The van der Waals surface area contributed by atoms with Crippen LogP contribution in [0.15, 0.2) is 54.6 Å². The lowest BCUT2D eigenvalue weighted by atomic mass is 9.79. The summed E-state index contributed by atoms with van der Waals surface area (Å²) in [6.45, 7) is 5.72. The van der Waals surface area contributed by atoms with Gasteiger partial charge in [-0.25, -0.2) is 4.39 Å². The van der Waals surface area contributed by atoms with Gasteiger partial charge < -0.3 is 24.8 Å². The smallest absolute Gasteiger partial charge is 0.165 e. The summed E-state index contributed by atoms with van der Waals surface area (Å²) in [5.41, 5.74) is 5.85. The SMILES string of the molecule is CCN(Cc1ccc(OCCNCC2CC2)c(F)c1)c1cc(OC)ccc1C1CCc2cc(O)ccc2C1. The number of anilines is 1. The molecule has 2 N–H and O–H groups in total. The lowest BCUT2D eigenvalue weighted by Crippen LogP contribution is -2.25. The van der Waals surface area contributed by atoms with E-state index in [1.54, 1.807) is 25.3 Å². The normalized spacial score (nSPS) is 16.7. The highest BCUT2D eigenvalue weighted by Crippen LogP contribution is 2.40. The summed E-state index contributed by atoms with van der Waals surface area (Å²) in [5, 5.41) is 13.3. The zero-order chi connectivity index (χ0) is 26.5. The zero-order valence-corrected chi connectivity index (χ0v) is 22.5. The standard InChI is InChI=1S/C32H39FN2O3/c1-3-35(21-23-6-13-32(30(33)16-23)38-15-14-34-20-22-4-5-22)31-19-28(37-2)11-12-29(31)26-8-7-25-18-27(36)10-9-24(25)17-26/h6,9-13,16,18-19,22,26,34,36H,3-5,7-8,14-15,17,20-21H2,1-2H3. The first-order chi connectivity index (χ1) is 18.5. The van der Waals surface area contributed by atoms with Crippen LogP contribution in [0.4, 0.5) is 10.1 Å². The maximum absolute atomic E-state index is 14.9. The second-order valence-corrected chi connectivity index (χ2v) is 10.6. The molecule has 2 aliphatic rings. The third-order valence-corrected chi connectivity index (χ3v) is 7.85. The van der Waals surface area contributed by atoms with Crippen LogP contribution in [0.1, 0.15) is 54.4 Å². The van der Waals surface area contributed by atoms with Crippen LogP contribution in [0.5, 0.6) is 17.2 Å². The molecule has 0 bridgehead atoms. The molecule has 0 radical (unpaired) electrons. The monoisotopic (exact) mass is 518 g/mol. The van der Waals surface area contributed by atoms with Crippen LogP contribution in [0.2, 0.25) is 0 Å². The summed E-state index contributed by atoms with van der Waals surface area (Å²) < 4.78 is 26.2. The van der Waals surface area contributed by atoms with Crippen molar-refractivity contribution in [3.63, 3.8) is 0 Å². The van der Waals surface area contributed by atoms with Crippen LogP contribution in [0.3, 0.4) is 0 Å². The molecule has 3 aromatic carbocycles. The summed E-state index contributed by atoms with van der Waals surface area (Å²) >= 11 is 0. The van der Waals surface area contributed by atoms with Crippen molar-refractivity contribution in [2.45, 2.75) is 51.5 Å². The Hall–Kier alpha value is -3.25. The fourth-order valence-electron chi connectivity index (χ4n) is 5.49. The van der Waals surface area contributed by atoms with Crippen LogP contribution >= 0.6 is 0 Å². The highest BCUT2D eigenvalue weighted by molar-refractivity contribution is 5.60. The summed E-state index contributed by atoms with van der Waals surface area (Å²) in [6, 6.07) is 17.3. The van der Waals surface area contributed by atoms with Crippen LogP contribution in [-0.4, -0.2) is 38.5 Å². The molecule has 2 aliphatic carbocycles. The van der Waals surface area contributed by atoms with Gasteiger partial charge in [-0.1, -0.05) is 18.2 Å². The van der Waals surface area contributed by atoms with E-state index < -0.39 is 0 Å². The minimum atomic E-state index is -0.321. The number of hydrogen-bond donors (Lipinski definition) is 2. The number of phenols is 1. The first-order valence-corrected chi connectivity index (χ1v) is 13.9. The summed E-state index contributed by atoms with van der Waals surface area (Å²) in [7, 11) is 1.69. The first kappa shape index (κ1) is 26.4. The Balaban J connectivity index is 1.30. The fourth-order valence-corrected chi connectivity index (χ4v) is 5.49. The average Bonchev–Trinajstić information content (AvgIpc) is 3.76. The van der Waals surface area contributed by atoms with Gasteiger partial charge >= 0.3 is 0 Å². The highest BCUT2D eigenvalue weighted by Gasteiger charge is 2.25. The second kappa shape index (κ2) is 12.1. The van der Waals surface area contributed by atoms with Gasteiger partial charge in [-0.3, -0.25) is 0 Å². The van der Waals surface area contributed by atoms with Gasteiger partial charge in [0.25, 0.3) is 0 Å². The van der Waals surface area contributed by atoms with Crippen molar-refractivity contribution in [2.24, 2.45) is 5.92 Å². The van der Waals surface area contributed by atoms with E-state index in [-0.39, 0.29) is 5.82 Å². The first-order valence-electron chi connectivity index (χ1n) is 13.9. The third-order valence-electron chi connectivity index (χ3n) is 7.85. The van der Waals surface area contributed by atoms with E-state index in [4.69, 9.17) is 9.47 Å². The van der Waals surface area contributed by atoms with Gasteiger partial charge in [0.1, 0.15) is 18.1 Å². The van der Waals surface area contributed by atoms with Gasteiger partial charge in [0, 0.05) is 31.4 Å². The van der Waals surface area contributed by atoms with Crippen molar-refractivity contribution in [1.82, 2.24) is 5.32 Å². The Labute approximate surface area is 225 Å². The molecule has 1 unspecified atom stereocenters. The number of nitrogens with zero attached hydrogens (tertiary/aromatic N) is 1. The van der Waals surface area contributed by atoms with E-state index >= 15 is 0 Å². The number of fused-ring (bicyclic) bond motifs is 1. The largest absolute Gasteiger partial charge is 0.508 e. The number of phenolic OH excluding ortho intramolecular Hbond substituents is 1. The van der Waals surface area contributed by atoms with Crippen LogP contribution in [0, 0.1) is 11.7 Å². The van der Waals surface area contributed by atoms with E-state index in [0.717, 1.165) is 61.8 Å². The molecule has 202 valence electrons. The molecule has 5 rings (SSSR count). The lowest BCUT2D eigenvalue weighted by Gasteiger charge is -2.32. The molecule has 5 nitrogen and oxygen atoms in total. The Morgan fingerprint density at radius 1 is 1.03 bits per heavy atom. The van der Waals surface area contributed by atoms with Gasteiger partial charge in [-0.2, -0.15) is 0 Å². The van der Waals surface area contributed by atoms with Crippen molar-refractivity contribution in [3.05, 3.63) is 82.7 Å². The number of aromatic hydroxyl groups is 1. The van der Waals surface area contributed by atoms with E-state index in [9.17, 15) is 9.50 Å². The quantitative estimate of drug-likeness (QED) is 0.279. The second-order valence-electron chi connectivity index (χ2n) is 10.6. The van der Waals surface area contributed by atoms with Crippen molar-refractivity contribution in [2.75, 3.05) is 38.3 Å². The van der Waals surface area contributed by atoms with Gasteiger partial charge in [0.05, 0.1) is 7.11 Å². The molecule has 0 aromatic heterocycles. The predicted molar refractivity (Wildman–Crippen MR) is 150 cm³/mol. The van der Waals surface area contributed by atoms with Crippen molar-refractivity contribution in [1.29, 1.82) is 0 Å². The zero-order valence-electron chi connectivity index (χ0n) is 22.5. The molecular formula is C32H39FN2O3. The van der Waals surface area contributed by atoms with Gasteiger partial charge in [-0.05, 0) is 110 Å². The third kappa shape index (κ3) is 6.41. The molecule has 38 heavy (non-hydrogen) atoms. The number of rotatable bonds is 12. The van der Waals surface area contributed by atoms with Crippen LogP contribution in [0.25, 0.3) is 0 Å². The molecule has 0 aliphatic heterocycles. The minimum Gasteiger partial charge on any atom is -0.508 e.